The third kappa shape index (κ3) is 6.94. The Balaban J connectivity index is 2.47. The monoisotopic (exact) mass is 654 g/mol. The number of hydrogen-bond acceptors (Lipinski definition) is 1. The molecule has 1 heterocycles. The van der Waals surface area contributed by atoms with Gasteiger partial charge in [0.05, 0.1) is 0 Å². The molecule has 3 rings (SSSR count). The second-order valence-corrected chi connectivity index (χ2v) is 33.9. The Labute approximate surface area is 262 Å². The van der Waals surface area contributed by atoms with Gasteiger partial charge in [-0.05, 0) is 0 Å². The maximum absolute atomic E-state index is 2.72. The van der Waals surface area contributed by atoms with E-state index >= 15 is 0 Å². The minimum absolute atomic E-state index is 0.0895. The van der Waals surface area contributed by atoms with E-state index in [0.29, 0.717) is 17.8 Å². The van der Waals surface area contributed by atoms with Gasteiger partial charge in [-0.2, -0.15) is 0 Å². The van der Waals surface area contributed by atoms with Crippen molar-refractivity contribution in [1.82, 2.24) is 0 Å². The van der Waals surface area contributed by atoms with Crippen molar-refractivity contribution in [3.8, 4) is 0 Å². The summed E-state index contributed by atoms with van der Waals surface area (Å²) >= 11 is -2.72. The van der Waals surface area contributed by atoms with E-state index in [1.54, 1.807) is 32.0 Å². The van der Waals surface area contributed by atoms with E-state index in [0.717, 1.165) is 0 Å². The van der Waals surface area contributed by atoms with Crippen molar-refractivity contribution in [2.24, 2.45) is 0 Å². The fourth-order valence-corrected chi connectivity index (χ4v) is 33.6. The van der Waals surface area contributed by atoms with Crippen LogP contribution >= 0.6 is 18.3 Å². The third-order valence-corrected chi connectivity index (χ3v) is 32.4. The van der Waals surface area contributed by atoms with Crippen LogP contribution in [-0.2, 0) is 16.2 Å². The predicted octanol–water partition coefficient (Wildman–Crippen LogP) is 11.6. The molecule has 0 spiro atoms. The van der Waals surface area contributed by atoms with E-state index in [1.165, 1.54) is 19.3 Å². The first-order chi connectivity index (χ1) is 18.3. The standard InChI is InChI=1S/C38H61GePS/c1-23(2)26-19-28(24(3)4)32(29(20-26)25(5)6)39(38(16,17)18)34(41-39)40-33-30(36(10,11)12)21-27(35(7,8)9)22-31(33)37(13,14)15/h19-25H,1-18H3. The van der Waals surface area contributed by atoms with E-state index in [9.17, 15) is 0 Å². The van der Waals surface area contributed by atoms with Gasteiger partial charge in [0.1, 0.15) is 0 Å². The maximum atomic E-state index is 2.60. The van der Waals surface area contributed by atoms with Crippen molar-refractivity contribution in [2.75, 3.05) is 0 Å². The van der Waals surface area contributed by atoms with Gasteiger partial charge in [0.2, 0.25) is 0 Å². The molecule has 0 radical (unpaired) electrons. The van der Waals surface area contributed by atoms with Gasteiger partial charge >= 0.3 is 264 Å². The van der Waals surface area contributed by atoms with E-state index in [-0.39, 0.29) is 20.5 Å². The van der Waals surface area contributed by atoms with Crippen LogP contribution in [0.3, 0.4) is 0 Å². The zero-order valence-electron chi connectivity index (χ0n) is 29.9. The SMILES string of the molecule is CC(C)c1cc(C(C)C)[c]([Ge]2([C](C)(C)C)[S][C]2=Pc2c(C(C)(C)C)cc(C(C)(C)C)cc2C(C)(C)C)c(C(C)C)c1. The molecule has 1 atom stereocenters. The average molecular weight is 654 g/mol. The predicted molar refractivity (Wildman–Crippen MR) is 196 cm³/mol. The molecule has 0 aromatic heterocycles. The van der Waals surface area contributed by atoms with Gasteiger partial charge < -0.3 is 0 Å². The summed E-state index contributed by atoms with van der Waals surface area (Å²) in [5.74, 6) is 1.62. The summed E-state index contributed by atoms with van der Waals surface area (Å²) in [6, 6.07) is 10.3. The fraction of sp³-hybridized carbons (Fsp3) is 0.658. The molecule has 3 heteroatoms. The zero-order valence-corrected chi connectivity index (χ0v) is 33.7. The molecule has 0 amide bonds. The molecule has 0 saturated carbocycles. The second kappa shape index (κ2) is 11.5. The molecule has 2 aromatic carbocycles. The summed E-state index contributed by atoms with van der Waals surface area (Å²) in [4.78, 5) is 0. The Bertz CT molecular complexity index is 1250. The van der Waals surface area contributed by atoms with Crippen molar-refractivity contribution < 1.29 is 0 Å². The van der Waals surface area contributed by atoms with Gasteiger partial charge in [-0.25, -0.2) is 0 Å². The normalized spacial score (nSPS) is 19.7. The van der Waals surface area contributed by atoms with Gasteiger partial charge in [-0.3, -0.25) is 0 Å². The van der Waals surface area contributed by atoms with Crippen LogP contribution < -0.4 is 9.70 Å². The molecule has 0 bridgehead atoms. The first kappa shape index (κ1) is 35.0. The summed E-state index contributed by atoms with van der Waals surface area (Å²) in [5.41, 5.74) is 9.66. The van der Waals surface area contributed by atoms with E-state index in [4.69, 9.17) is 0 Å². The van der Waals surface area contributed by atoms with Crippen LogP contribution in [0.15, 0.2) is 24.3 Å². The minimum atomic E-state index is -2.72. The van der Waals surface area contributed by atoms with Crippen LogP contribution in [0.25, 0.3) is 0 Å². The molecule has 228 valence electrons. The number of rotatable bonds is 5. The van der Waals surface area contributed by atoms with Crippen LogP contribution in [0.1, 0.15) is 176 Å². The molecule has 0 N–H and O–H groups in total. The average Bonchev–Trinajstić information content (AvgIpc) is 3.50. The Kier molecular flexibility index (Phi) is 9.77. The summed E-state index contributed by atoms with van der Waals surface area (Å²) in [6.07, 6.45) is 0. The van der Waals surface area contributed by atoms with Crippen molar-refractivity contribution in [1.29, 1.82) is 0 Å². The molecule has 0 nitrogen and oxygen atoms in total. The van der Waals surface area contributed by atoms with E-state index < -0.39 is 12.1 Å². The molecule has 2 aromatic rings. The molecule has 41 heavy (non-hydrogen) atoms. The number of benzene rings is 2. The second-order valence-electron chi connectivity index (χ2n) is 17.7. The van der Waals surface area contributed by atoms with Crippen molar-refractivity contribution >= 4 is 43.6 Å². The number of hydrogen-bond donors (Lipinski definition) is 0. The molecule has 1 saturated heterocycles. The Morgan fingerprint density at radius 1 is 0.585 bits per heavy atom. The van der Waals surface area contributed by atoms with Crippen molar-refractivity contribution in [3.63, 3.8) is 0 Å². The van der Waals surface area contributed by atoms with Gasteiger partial charge in [0.15, 0.2) is 0 Å². The first-order valence-corrected chi connectivity index (χ1v) is 23.4. The molecule has 1 unspecified atom stereocenters. The summed E-state index contributed by atoms with van der Waals surface area (Å²) in [5, 5.41) is 1.59. The Morgan fingerprint density at radius 2 is 1.00 bits per heavy atom. The Hall–Kier alpha value is -0.497. The summed E-state index contributed by atoms with van der Waals surface area (Å²) in [7, 11) is 3.84. The van der Waals surface area contributed by atoms with Crippen LogP contribution in [0, 0.1) is 0 Å². The summed E-state index contributed by atoms with van der Waals surface area (Å²) in [6.45, 7) is 43.7. The van der Waals surface area contributed by atoms with Crippen LogP contribution in [0.5, 0.6) is 0 Å². The van der Waals surface area contributed by atoms with E-state index in [2.05, 4.69) is 159 Å². The van der Waals surface area contributed by atoms with Crippen LogP contribution in [0.4, 0.5) is 0 Å². The van der Waals surface area contributed by atoms with Crippen LogP contribution in [0.2, 0.25) is 4.25 Å². The molecular weight excluding hydrogens is 592 g/mol. The Morgan fingerprint density at radius 3 is 1.29 bits per heavy atom. The molecule has 1 aliphatic heterocycles. The van der Waals surface area contributed by atoms with Crippen molar-refractivity contribution in [3.05, 3.63) is 57.6 Å². The van der Waals surface area contributed by atoms with Gasteiger partial charge in [0.25, 0.3) is 0 Å². The van der Waals surface area contributed by atoms with E-state index in [1.807, 2.05) is 3.46 Å². The fourth-order valence-electron chi connectivity index (χ4n) is 6.02. The third-order valence-electron chi connectivity index (χ3n) is 8.86. The molecule has 0 aliphatic carbocycles. The van der Waals surface area contributed by atoms with Crippen LogP contribution in [-0.4, -0.2) is 15.6 Å². The van der Waals surface area contributed by atoms with Crippen molar-refractivity contribution in [2.45, 2.75) is 163 Å². The quantitative estimate of drug-likeness (QED) is 0.176. The van der Waals surface area contributed by atoms with Gasteiger partial charge in [-0.15, -0.1) is 0 Å². The molecular formula is C38H61GePS. The zero-order chi connectivity index (χ0) is 31.7. The topological polar surface area (TPSA) is 0 Å². The van der Waals surface area contributed by atoms with Gasteiger partial charge in [-0.1, -0.05) is 0 Å². The molecule has 1 aliphatic rings. The first-order valence-electron chi connectivity index (χ1n) is 16.0. The van der Waals surface area contributed by atoms with Gasteiger partial charge in [0, 0.05) is 0 Å². The molecule has 1 fully saturated rings. The summed E-state index contributed by atoms with van der Waals surface area (Å²) < 4.78 is 3.91.